The molecular formula is C33H38N2O4. The highest BCUT2D eigenvalue weighted by Crippen LogP contribution is 2.31. The molecule has 4 rings (SSSR count). The number of carbonyl (C=O) groups excluding carboxylic acids is 1. The lowest BCUT2D eigenvalue weighted by Gasteiger charge is -2.27. The number of aliphatic hydroxyl groups excluding tert-OH is 1. The zero-order valence-corrected chi connectivity index (χ0v) is 23.5. The first kappa shape index (κ1) is 28.3. The van der Waals surface area contributed by atoms with Crippen LogP contribution >= 0.6 is 0 Å². The number of hydrogen-bond acceptors (Lipinski definition) is 5. The lowest BCUT2D eigenvalue weighted by molar-refractivity contribution is -0.120. The first-order valence-electron chi connectivity index (χ1n) is 13.3. The van der Waals surface area contributed by atoms with Gasteiger partial charge in [0.15, 0.2) is 0 Å². The van der Waals surface area contributed by atoms with Gasteiger partial charge in [-0.1, -0.05) is 63.2 Å². The fourth-order valence-electron chi connectivity index (χ4n) is 4.64. The zero-order valence-electron chi connectivity index (χ0n) is 23.5. The van der Waals surface area contributed by atoms with Crippen molar-refractivity contribution in [3.8, 4) is 16.9 Å². The number of hydrogen-bond donors (Lipinski definition) is 1. The summed E-state index contributed by atoms with van der Waals surface area (Å²) in [6, 6.07) is 22.5. The molecule has 0 saturated carbocycles. The van der Waals surface area contributed by atoms with Crippen LogP contribution in [-0.4, -0.2) is 36.3 Å². The molecule has 6 heteroatoms. The molecular weight excluding hydrogens is 488 g/mol. The van der Waals surface area contributed by atoms with Crippen LogP contribution in [0.25, 0.3) is 21.9 Å². The lowest BCUT2D eigenvalue weighted by Crippen LogP contribution is -2.34. The Morgan fingerprint density at radius 3 is 2.33 bits per heavy atom. The second kappa shape index (κ2) is 12.4. The Bertz CT molecular complexity index is 1420. The van der Waals surface area contributed by atoms with Gasteiger partial charge in [-0.05, 0) is 69.8 Å². The Balaban J connectivity index is 1.65. The molecule has 1 N–H and O–H groups in total. The SMILES string of the molecule is COc1ccc(-c2ccc(CN(C(=O)CC(C)(C)C)c3nccc4cc(COCCO)ccc34)cc2)cc1C. The van der Waals surface area contributed by atoms with Crippen LogP contribution in [0.3, 0.4) is 0 Å². The van der Waals surface area contributed by atoms with Crippen molar-refractivity contribution in [1.29, 1.82) is 0 Å². The van der Waals surface area contributed by atoms with E-state index in [4.69, 9.17) is 14.6 Å². The normalized spacial score (nSPS) is 11.5. The smallest absolute Gasteiger partial charge is 0.229 e. The monoisotopic (exact) mass is 526 g/mol. The largest absolute Gasteiger partial charge is 0.496 e. The fraction of sp³-hybridized carbons (Fsp3) is 0.333. The summed E-state index contributed by atoms with van der Waals surface area (Å²) in [6.45, 7) is 9.39. The quantitative estimate of drug-likeness (QED) is 0.233. The van der Waals surface area contributed by atoms with E-state index in [1.54, 1.807) is 13.3 Å². The van der Waals surface area contributed by atoms with Gasteiger partial charge in [-0.2, -0.15) is 0 Å². The Morgan fingerprint density at radius 1 is 0.949 bits per heavy atom. The number of methoxy groups -OCH3 is 1. The van der Waals surface area contributed by atoms with Crippen LogP contribution < -0.4 is 9.64 Å². The van der Waals surface area contributed by atoms with Gasteiger partial charge in [0.05, 0.1) is 33.5 Å². The van der Waals surface area contributed by atoms with E-state index in [2.05, 4.69) is 68.2 Å². The molecule has 1 heterocycles. The maximum absolute atomic E-state index is 13.7. The second-order valence-electron chi connectivity index (χ2n) is 11.1. The number of pyridine rings is 1. The highest BCUT2D eigenvalue weighted by Gasteiger charge is 2.25. The molecule has 0 aliphatic heterocycles. The van der Waals surface area contributed by atoms with Gasteiger partial charge in [-0.25, -0.2) is 4.98 Å². The summed E-state index contributed by atoms with van der Waals surface area (Å²) in [4.78, 5) is 20.2. The van der Waals surface area contributed by atoms with E-state index >= 15 is 0 Å². The van der Waals surface area contributed by atoms with Crippen molar-refractivity contribution < 1.29 is 19.4 Å². The standard InChI is InChI=1S/C33H38N2O4/c1-23-18-27(11-13-30(23)38-5)26-9-6-24(7-10-26)21-35(31(37)20-33(2,3)4)32-29-12-8-25(22-39-17-16-36)19-28(29)14-15-34-32/h6-15,18-19,36H,16-17,20-22H2,1-5H3. The maximum Gasteiger partial charge on any atom is 0.229 e. The van der Waals surface area contributed by atoms with Crippen molar-refractivity contribution >= 4 is 22.5 Å². The molecule has 0 radical (unpaired) electrons. The van der Waals surface area contributed by atoms with Crippen molar-refractivity contribution in [1.82, 2.24) is 4.98 Å². The highest BCUT2D eigenvalue weighted by atomic mass is 16.5. The van der Waals surface area contributed by atoms with E-state index in [9.17, 15) is 4.79 Å². The minimum Gasteiger partial charge on any atom is -0.496 e. The zero-order chi connectivity index (χ0) is 28.0. The number of aryl methyl sites for hydroxylation is 1. The van der Waals surface area contributed by atoms with Gasteiger partial charge in [0, 0.05) is 18.0 Å². The van der Waals surface area contributed by atoms with Crippen LogP contribution in [0.1, 0.15) is 43.9 Å². The van der Waals surface area contributed by atoms with Gasteiger partial charge < -0.3 is 14.6 Å². The van der Waals surface area contributed by atoms with Gasteiger partial charge in [0.1, 0.15) is 11.6 Å². The van der Waals surface area contributed by atoms with Crippen LogP contribution in [0.15, 0.2) is 72.9 Å². The van der Waals surface area contributed by atoms with Crippen LogP contribution in [0.5, 0.6) is 5.75 Å². The fourth-order valence-corrected chi connectivity index (χ4v) is 4.64. The molecule has 0 aliphatic rings. The molecule has 0 saturated heterocycles. The minimum absolute atomic E-state index is 0.00673. The molecule has 3 aromatic carbocycles. The third kappa shape index (κ3) is 7.22. The van der Waals surface area contributed by atoms with Crippen LogP contribution in [-0.2, 0) is 22.7 Å². The maximum atomic E-state index is 13.7. The summed E-state index contributed by atoms with van der Waals surface area (Å²) in [6.07, 6.45) is 2.16. The van der Waals surface area contributed by atoms with Gasteiger partial charge in [0.25, 0.3) is 0 Å². The molecule has 6 nitrogen and oxygen atoms in total. The number of aliphatic hydroxyl groups is 1. The Hall–Kier alpha value is -3.74. The van der Waals surface area contributed by atoms with Gasteiger partial charge in [-0.3, -0.25) is 9.69 Å². The summed E-state index contributed by atoms with van der Waals surface area (Å²) < 4.78 is 10.9. The Kier molecular flexibility index (Phi) is 9.00. The van der Waals surface area contributed by atoms with Crippen LogP contribution in [0.2, 0.25) is 0 Å². The summed E-state index contributed by atoms with van der Waals surface area (Å²) in [5, 5.41) is 10.9. The predicted molar refractivity (Wildman–Crippen MR) is 157 cm³/mol. The van der Waals surface area contributed by atoms with Crippen LogP contribution in [0.4, 0.5) is 5.82 Å². The van der Waals surface area contributed by atoms with Crippen molar-refractivity contribution in [2.75, 3.05) is 25.2 Å². The number of nitrogens with zero attached hydrogens (tertiary/aromatic N) is 2. The number of amides is 1. The molecule has 1 amide bonds. The molecule has 0 atom stereocenters. The van der Waals surface area contributed by atoms with Crippen LogP contribution in [0, 0.1) is 12.3 Å². The minimum atomic E-state index is -0.160. The number of carbonyl (C=O) groups is 1. The number of aromatic nitrogens is 1. The average Bonchev–Trinajstić information content (AvgIpc) is 2.91. The predicted octanol–water partition coefficient (Wildman–Crippen LogP) is 6.70. The van der Waals surface area contributed by atoms with E-state index in [0.29, 0.717) is 32.0 Å². The third-order valence-corrected chi connectivity index (χ3v) is 6.57. The summed E-state index contributed by atoms with van der Waals surface area (Å²) >= 11 is 0. The van der Waals surface area contributed by atoms with Gasteiger partial charge in [0.2, 0.25) is 5.91 Å². The first-order valence-corrected chi connectivity index (χ1v) is 13.3. The molecule has 204 valence electrons. The third-order valence-electron chi connectivity index (χ3n) is 6.57. The van der Waals surface area contributed by atoms with Gasteiger partial charge >= 0.3 is 0 Å². The number of rotatable bonds is 10. The van der Waals surface area contributed by atoms with E-state index in [1.165, 1.54) is 0 Å². The van der Waals surface area contributed by atoms with E-state index < -0.39 is 0 Å². The Morgan fingerprint density at radius 2 is 1.67 bits per heavy atom. The molecule has 0 spiro atoms. The number of ether oxygens (including phenoxy) is 2. The van der Waals surface area contributed by atoms with Crippen molar-refractivity contribution in [2.24, 2.45) is 5.41 Å². The molecule has 0 fully saturated rings. The topological polar surface area (TPSA) is 71.9 Å². The van der Waals surface area contributed by atoms with E-state index in [1.807, 2.05) is 36.1 Å². The molecule has 1 aromatic heterocycles. The van der Waals surface area contributed by atoms with Gasteiger partial charge in [-0.15, -0.1) is 0 Å². The molecule has 39 heavy (non-hydrogen) atoms. The highest BCUT2D eigenvalue weighted by molar-refractivity contribution is 6.02. The molecule has 0 unspecified atom stereocenters. The van der Waals surface area contributed by atoms with Crippen molar-refractivity contribution in [3.05, 3.63) is 89.6 Å². The average molecular weight is 527 g/mol. The number of fused-ring (bicyclic) bond motifs is 1. The number of benzene rings is 3. The van der Waals surface area contributed by atoms with E-state index in [0.717, 1.165) is 44.3 Å². The molecule has 0 aliphatic carbocycles. The van der Waals surface area contributed by atoms with Crippen molar-refractivity contribution in [2.45, 2.75) is 47.3 Å². The number of anilines is 1. The molecule has 4 aromatic rings. The lowest BCUT2D eigenvalue weighted by atomic mass is 9.91. The summed E-state index contributed by atoms with van der Waals surface area (Å²) in [7, 11) is 1.68. The Labute approximate surface area is 231 Å². The second-order valence-corrected chi connectivity index (χ2v) is 11.1. The molecule has 0 bridgehead atoms. The van der Waals surface area contributed by atoms with Crippen molar-refractivity contribution in [3.63, 3.8) is 0 Å². The summed E-state index contributed by atoms with van der Waals surface area (Å²) in [5.41, 5.74) is 5.19. The van der Waals surface area contributed by atoms with E-state index in [-0.39, 0.29) is 17.9 Å². The first-order chi connectivity index (χ1) is 18.7. The summed E-state index contributed by atoms with van der Waals surface area (Å²) in [5.74, 6) is 1.56.